The molecular formula is C40H76NO10P. The largest absolute Gasteiger partial charge is 0.480 e. The van der Waals surface area contributed by atoms with E-state index in [0.717, 1.165) is 57.8 Å². The van der Waals surface area contributed by atoms with Gasteiger partial charge in [-0.25, -0.2) is 4.57 Å². The minimum absolute atomic E-state index is 0.165. The highest BCUT2D eigenvalue weighted by atomic mass is 31.2. The minimum Gasteiger partial charge on any atom is -0.480 e. The van der Waals surface area contributed by atoms with Crippen LogP contribution in [0, 0.1) is 0 Å². The van der Waals surface area contributed by atoms with Gasteiger partial charge in [-0.2, -0.15) is 0 Å². The Hall–Kier alpha value is -1.78. The molecule has 0 saturated carbocycles. The van der Waals surface area contributed by atoms with E-state index in [-0.39, 0.29) is 19.4 Å². The first-order valence-corrected chi connectivity index (χ1v) is 22.2. The number of ether oxygens (including phenoxy) is 2. The fraction of sp³-hybridized carbons (Fsp3) is 0.875. The van der Waals surface area contributed by atoms with Crippen molar-refractivity contribution in [3.8, 4) is 0 Å². The van der Waals surface area contributed by atoms with Gasteiger partial charge in [0.1, 0.15) is 12.6 Å². The average Bonchev–Trinajstić information content (AvgIpc) is 3.12. The molecule has 11 nitrogen and oxygen atoms in total. The molecule has 0 spiro atoms. The van der Waals surface area contributed by atoms with Crippen LogP contribution in [0.1, 0.15) is 194 Å². The number of hydrogen-bond donors (Lipinski definition) is 3. The Morgan fingerprint density at radius 2 is 0.962 bits per heavy atom. The van der Waals surface area contributed by atoms with E-state index < -0.39 is 51.1 Å². The van der Waals surface area contributed by atoms with Gasteiger partial charge in [0.25, 0.3) is 0 Å². The zero-order chi connectivity index (χ0) is 38.5. The Balaban J connectivity index is 4.38. The van der Waals surface area contributed by atoms with Crippen LogP contribution in [0.25, 0.3) is 0 Å². The molecule has 0 rings (SSSR count). The molecule has 0 radical (unpaired) electrons. The summed E-state index contributed by atoms with van der Waals surface area (Å²) in [5.41, 5.74) is 5.32. The zero-order valence-corrected chi connectivity index (χ0v) is 33.8. The van der Waals surface area contributed by atoms with Crippen molar-refractivity contribution in [2.75, 3.05) is 19.8 Å². The zero-order valence-electron chi connectivity index (χ0n) is 32.9. The summed E-state index contributed by atoms with van der Waals surface area (Å²) >= 11 is 0. The third-order valence-electron chi connectivity index (χ3n) is 9.01. The third-order valence-corrected chi connectivity index (χ3v) is 9.96. The second kappa shape index (κ2) is 36.2. The molecule has 0 heterocycles. The topological polar surface area (TPSA) is 172 Å². The summed E-state index contributed by atoms with van der Waals surface area (Å²) in [4.78, 5) is 45.8. The van der Waals surface area contributed by atoms with Gasteiger partial charge in [0.05, 0.1) is 13.2 Å². The third kappa shape index (κ3) is 35.3. The Labute approximate surface area is 316 Å². The van der Waals surface area contributed by atoms with Crippen molar-refractivity contribution in [3.05, 3.63) is 12.2 Å². The van der Waals surface area contributed by atoms with E-state index in [0.29, 0.717) is 12.8 Å². The highest BCUT2D eigenvalue weighted by Crippen LogP contribution is 2.43. The second-order valence-corrected chi connectivity index (χ2v) is 15.6. The number of carbonyl (C=O) groups is 3. The first-order valence-electron chi connectivity index (χ1n) is 20.7. The number of aliphatic carboxylic acids is 1. The van der Waals surface area contributed by atoms with Crippen LogP contribution in [0.3, 0.4) is 0 Å². The van der Waals surface area contributed by atoms with Gasteiger partial charge in [-0.3, -0.25) is 23.4 Å². The van der Waals surface area contributed by atoms with Crippen molar-refractivity contribution >= 4 is 25.7 Å². The summed E-state index contributed by atoms with van der Waals surface area (Å²) in [5.74, 6) is -2.38. The molecule has 3 unspecified atom stereocenters. The number of allylic oxidation sites excluding steroid dienone is 2. The second-order valence-electron chi connectivity index (χ2n) is 14.1. The smallest absolute Gasteiger partial charge is 0.472 e. The lowest BCUT2D eigenvalue weighted by molar-refractivity contribution is -0.161. The Bertz CT molecular complexity index is 947. The number of esters is 2. The molecule has 0 aromatic rings. The monoisotopic (exact) mass is 762 g/mol. The molecule has 0 saturated heterocycles. The molecule has 12 heteroatoms. The quantitative estimate of drug-likeness (QED) is 0.0235. The molecule has 0 amide bonds. The van der Waals surface area contributed by atoms with Crippen molar-refractivity contribution in [1.82, 2.24) is 0 Å². The first kappa shape index (κ1) is 50.2. The van der Waals surface area contributed by atoms with Gasteiger partial charge in [-0.1, -0.05) is 154 Å². The van der Waals surface area contributed by atoms with Crippen molar-refractivity contribution < 1.29 is 47.5 Å². The van der Waals surface area contributed by atoms with Crippen LogP contribution in [0.2, 0.25) is 0 Å². The predicted octanol–water partition coefficient (Wildman–Crippen LogP) is 10.5. The van der Waals surface area contributed by atoms with Gasteiger partial charge in [-0.05, 0) is 38.5 Å². The van der Waals surface area contributed by atoms with Crippen LogP contribution in [-0.2, 0) is 37.5 Å². The molecule has 0 bridgehead atoms. The van der Waals surface area contributed by atoms with E-state index in [4.69, 9.17) is 24.8 Å². The highest BCUT2D eigenvalue weighted by molar-refractivity contribution is 7.47. The first-order chi connectivity index (χ1) is 25.1. The Morgan fingerprint density at radius 3 is 1.42 bits per heavy atom. The fourth-order valence-corrected chi connectivity index (χ4v) is 6.48. The molecule has 0 aromatic carbocycles. The van der Waals surface area contributed by atoms with Crippen molar-refractivity contribution in [2.45, 2.75) is 206 Å². The van der Waals surface area contributed by atoms with Gasteiger partial charge in [-0.15, -0.1) is 0 Å². The fourth-order valence-electron chi connectivity index (χ4n) is 5.71. The van der Waals surface area contributed by atoms with E-state index in [9.17, 15) is 23.8 Å². The summed E-state index contributed by atoms with van der Waals surface area (Å²) in [6, 6.07) is -1.52. The lowest BCUT2D eigenvalue weighted by Crippen LogP contribution is -2.34. The van der Waals surface area contributed by atoms with Crippen LogP contribution in [0.15, 0.2) is 12.2 Å². The molecule has 0 fully saturated rings. The van der Waals surface area contributed by atoms with Crippen LogP contribution >= 0.6 is 7.82 Å². The molecule has 0 aliphatic carbocycles. The van der Waals surface area contributed by atoms with Crippen molar-refractivity contribution in [3.63, 3.8) is 0 Å². The van der Waals surface area contributed by atoms with E-state index in [1.54, 1.807) is 0 Å². The summed E-state index contributed by atoms with van der Waals surface area (Å²) < 4.78 is 32.6. The van der Waals surface area contributed by atoms with Crippen molar-refractivity contribution in [2.24, 2.45) is 5.73 Å². The number of carbonyl (C=O) groups excluding carboxylic acids is 2. The normalized spacial score (nSPS) is 13.9. The number of hydrogen-bond acceptors (Lipinski definition) is 9. The molecule has 0 aliphatic heterocycles. The van der Waals surface area contributed by atoms with Crippen LogP contribution < -0.4 is 5.73 Å². The molecule has 52 heavy (non-hydrogen) atoms. The molecule has 0 aliphatic rings. The van der Waals surface area contributed by atoms with E-state index >= 15 is 0 Å². The van der Waals surface area contributed by atoms with Crippen molar-refractivity contribution in [1.29, 1.82) is 0 Å². The summed E-state index contributed by atoms with van der Waals surface area (Å²) in [5, 5.41) is 8.87. The van der Waals surface area contributed by atoms with E-state index in [1.807, 2.05) is 0 Å². The maximum absolute atomic E-state index is 12.6. The average molecular weight is 762 g/mol. The predicted molar refractivity (Wildman–Crippen MR) is 208 cm³/mol. The SMILES string of the molecule is CCCCCCC=CCCCCCCCC(=O)OCC(COP(=O)(O)OCC(N)C(=O)O)OC(=O)CCCCCCCCCCCCCCCCC. The lowest BCUT2D eigenvalue weighted by atomic mass is 10.0. The van der Waals surface area contributed by atoms with Crippen LogP contribution in [-0.4, -0.2) is 59.9 Å². The maximum Gasteiger partial charge on any atom is 0.472 e. The lowest BCUT2D eigenvalue weighted by Gasteiger charge is -2.20. The molecular weight excluding hydrogens is 685 g/mol. The number of unbranched alkanes of at least 4 members (excludes halogenated alkanes) is 23. The Morgan fingerprint density at radius 1 is 0.577 bits per heavy atom. The van der Waals surface area contributed by atoms with Gasteiger partial charge in [0, 0.05) is 12.8 Å². The summed E-state index contributed by atoms with van der Waals surface area (Å²) in [6.45, 7) is 2.79. The molecule has 4 N–H and O–H groups in total. The van der Waals surface area contributed by atoms with E-state index in [1.165, 1.54) is 96.3 Å². The molecule has 0 aromatic heterocycles. The number of rotatable bonds is 39. The van der Waals surface area contributed by atoms with Gasteiger partial charge >= 0.3 is 25.7 Å². The summed E-state index contributed by atoms with van der Waals surface area (Å²) in [6.07, 6.45) is 34.2. The van der Waals surface area contributed by atoms with Crippen LogP contribution in [0.5, 0.6) is 0 Å². The number of phosphoric acid groups is 1. The van der Waals surface area contributed by atoms with Gasteiger partial charge in [0.15, 0.2) is 6.10 Å². The van der Waals surface area contributed by atoms with Gasteiger partial charge in [0.2, 0.25) is 0 Å². The number of carboxylic acids is 1. The van der Waals surface area contributed by atoms with Gasteiger partial charge < -0.3 is 25.2 Å². The maximum atomic E-state index is 12.6. The molecule has 306 valence electrons. The molecule has 3 atom stereocenters. The Kier molecular flexibility index (Phi) is 35.0. The minimum atomic E-state index is -4.71. The highest BCUT2D eigenvalue weighted by Gasteiger charge is 2.28. The number of nitrogens with two attached hydrogens (primary N) is 1. The number of carboxylic acid groups (broad SMARTS) is 1. The number of phosphoric ester groups is 1. The van der Waals surface area contributed by atoms with E-state index in [2.05, 4.69) is 30.5 Å². The standard InChI is InChI=1S/C40H76NO10P/c1-3-5-7-9-11-13-15-17-18-20-22-24-26-28-30-32-39(43)51-36(34-49-52(46,47)50-35-37(41)40(44)45)33-48-38(42)31-29-27-25-23-21-19-16-14-12-10-8-6-4-2/h14,16,36-37H,3-13,15,17-35,41H2,1-2H3,(H,44,45)(H,46,47). The summed E-state index contributed by atoms with van der Waals surface area (Å²) in [7, 11) is -4.71. The van der Waals surface area contributed by atoms with Crippen LogP contribution in [0.4, 0.5) is 0 Å².